The van der Waals surface area contributed by atoms with Gasteiger partial charge in [-0.3, -0.25) is 9.69 Å². The monoisotopic (exact) mass is 405 g/mol. The molecule has 0 aromatic heterocycles. The lowest BCUT2D eigenvalue weighted by Gasteiger charge is -2.22. The van der Waals surface area contributed by atoms with E-state index in [4.69, 9.17) is 0 Å². The van der Waals surface area contributed by atoms with Gasteiger partial charge in [0.1, 0.15) is 6.54 Å². The van der Waals surface area contributed by atoms with Gasteiger partial charge in [0.2, 0.25) is 5.91 Å². The van der Waals surface area contributed by atoms with Gasteiger partial charge in [-0.1, -0.05) is 25.1 Å². The van der Waals surface area contributed by atoms with Crippen molar-refractivity contribution in [2.24, 2.45) is 10.9 Å². The molecule has 0 aliphatic carbocycles. The summed E-state index contributed by atoms with van der Waals surface area (Å²) in [6, 6.07) is 11.3. The number of guanidine groups is 1. The van der Waals surface area contributed by atoms with Gasteiger partial charge in [0.15, 0.2) is 5.96 Å². The highest BCUT2D eigenvalue weighted by atomic mass is 32.2. The minimum absolute atomic E-state index is 0.00281. The number of likely N-dealkylation sites (N-methyl/N-ethyl adjacent to an activating group) is 1. The van der Waals surface area contributed by atoms with Crippen LogP contribution in [0.3, 0.4) is 0 Å². The number of carbonyl (C=O) groups excluding carboxylic acids is 1. The average molecular weight is 406 g/mol. The van der Waals surface area contributed by atoms with Crippen LogP contribution in [-0.4, -0.2) is 79.8 Å². The van der Waals surface area contributed by atoms with Crippen molar-refractivity contribution in [3.05, 3.63) is 30.3 Å². The maximum Gasteiger partial charge on any atom is 0.243 e. The number of hydrogen-bond donors (Lipinski definition) is 2. The van der Waals surface area contributed by atoms with Crippen molar-refractivity contribution in [2.45, 2.75) is 37.8 Å². The quantitative estimate of drug-likeness (QED) is 0.300. The van der Waals surface area contributed by atoms with Crippen LogP contribution in [0.5, 0.6) is 0 Å². The van der Waals surface area contributed by atoms with Crippen LogP contribution in [0.15, 0.2) is 40.2 Å². The number of amides is 1. The Morgan fingerprint density at radius 3 is 2.61 bits per heavy atom. The molecule has 1 saturated heterocycles. The SMILES string of the molecule is CC1CN(C(C)C)CC1NC(=NCC(=O)N(C)C)NCCSc1ccccc1. The Hall–Kier alpha value is -1.73. The first-order chi connectivity index (χ1) is 13.4. The average Bonchev–Trinajstić information content (AvgIpc) is 3.04. The molecular weight excluding hydrogens is 370 g/mol. The van der Waals surface area contributed by atoms with E-state index >= 15 is 0 Å². The number of hydrogen-bond acceptors (Lipinski definition) is 4. The third kappa shape index (κ3) is 7.36. The summed E-state index contributed by atoms with van der Waals surface area (Å²) in [5.41, 5.74) is 0. The molecule has 6 nitrogen and oxygen atoms in total. The van der Waals surface area contributed by atoms with Gasteiger partial charge in [0.25, 0.3) is 0 Å². The van der Waals surface area contributed by atoms with E-state index in [9.17, 15) is 4.79 Å². The molecule has 1 aliphatic rings. The molecule has 2 unspecified atom stereocenters. The van der Waals surface area contributed by atoms with E-state index in [1.807, 2.05) is 17.8 Å². The molecule has 2 atom stereocenters. The van der Waals surface area contributed by atoms with Crippen molar-refractivity contribution < 1.29 is 4.79 Å². The molecule has 7 heteroatoms. The second kappa shape index (κ2) is 11.3. The Bertz CT molecular complexity index is 635. The van der Waals surface area contributed by atoms with Crippen molar-refractivity contribution in [3.63, 3.8) is 0 Å². The number of thioether (sulfide) groups is 1. The number of benzene rings is 1. The predicted molar refractivity (Wildman–Crippen MR) is 119 cm³/mol. The number of nitrogens with one attached hydrogen (secondary N) is 2. The number of rotatable bonds is 8. The minimum atomic E-state index is 0.00281. The standard InChI is InChI=1S/C21H35N5OS/c1-16(2)26-14-17(3)19(15-26)24-21(23-13-20(27)25(4)5)22-11-12-28-18-9-7-6-8-10-18/h6-10,16-17,19H,11-15H2,1-5H3,(H2,22,23,24). The van der Waals surface area contributed by atoms with Gasteiger partial charge in [-0.2, -0.15) is 0 Å². The van der Waals surface area contributed by atoms with E-state index in [0.29, 0.717) is 18.0 Å². The second-order valence-corrected chi connectivity index (χ2v) is 8.99. The lowest BCUT2D eigenvalue weighted by molar-refractivity contribution is -0.127. The molecule has 1 aliphatic heterocycles. The van der Waals surface area contributed by atoms with E-state index in [1.54, 1.807) is 19.0 Å². The van der Waals surface area contributed by atoms with Gasteiger partial charge >= 0.3 is 0 Å². The third-order valence-corrected chi connectivity index (χ3v) is 5.98. The Kier molecular flexibility index (Phi) is 9.12. The summed E-state index contributed by atoms with van der Waals surface area (Å²) in [6.07, 6.45) is 0. The van der Waals surface area contributed by atoms with Crippen molar-refractivity contribution in [1.82, 2.24) is 20.4 Å². The summed E-state index contributed by atoms with van der Waals surface area (Å²) in [5, 5.41) is 6.97. The van der Waals surface area contributed by atoms with Crippen LogP contribution < -0.4 is 10.6 Å². The summed E-state index contributed by atoms with van der Waals surface area (Å²) >= 11 is 1.81. The first kappa shape index (κ1) is 22.6. The molecule has 1 fully saturated rings. The van der Waals surface area contributed by atoms with Gasteiger partial charge in [0.05, 0.1) is 0 Å². The van der Waals surface area contributed by atoms with E-state index in [1.165, 1.54) is 4.90 Å². The van der Waals surface area contributed by atoms with Gasteiger partial charge in [-0.25, -0.2) is 4.99 Å². The lowest BCUT2D eigenvalue weighted by atomic mass is 10.1. The molecule has 1 heterocycles. The van der Waals surface area contributed by atoms with Crippen molar-refractivity contribution in [3.8, 4) is 0 Å². The Morgan fingerprint density at radius 1 is 1.29 bits per heavy atom. The van der Waals surface area contributed by atoms with Gasteiger partial charge < -0.3 is 15.5 Å². The van der Waals surface area contributed by atoms with Crippen LogP contribution in [-0.2, 0) is 4.79 Å². The second-order valence-electron chi connectivity index (χ2n) is 7.82. The zero-order valence-corrected chi connectivity index (χ0v) is 18.6. The first-order valence-corrected chi connectivity index (χ1v) is 11.0. The molecule has 0 saturated carbocycles. The molecule has 2 rings (SSSR count). The topological polar surface area (TPSA) is 60.0 Å². The van der Waals surface area contributed by atoms with E-state index in [-0.39, 0.29) is 12.5 Å². The molecule has 1 aromatic carbocycles. The normalized spacial score (nSPS) is 20.4. The summed E-state index contributed by atoms with van der Waals surface area (Å²) in [6.45, 7) is 9.77. The van der Waals surface area contributed by atoms with Gasteiger partial charge in [-0.15, -0.1) is 11.8 Å². The zero-order chi connectivity index (χ0) is 20.5. The predicted octanol–water partition coefficient (Wildman–Crippen LogP) is 2.13. The highest BCUT2D eigenvalue weighted by molar-refractivity contribution is 7.99. The largest absolute Gasteiger partial charge is 0.356 e. The summed E-state index contributed by atoms with van der Waals surface area (Å²) in [7, 11) is 3.52. The van der Waals surface area contributed by atoms with Crippen LogP contribution in [0, 0.1) is 5.92 Å². The van der Waals surface area contributed by atoms with Crippen molar-refractivity contribution in [1.29, 1.82) is 0 Å². The fourth-order valence-corrected chi connectivity index (χ4v) is 3.87. The van der Waals surface area contributed by atoms with Crippen LogP contribution in [0.1, 0.15) is 20.8 Å². The highest BCUT2D eigenvalue weighted by Crippen LogP contribution is 2.19. The zero-order valence-electron chi connectivity index (χ0n) is 17.8. The molecule has 0 bridgehead atoms. The molecular formula is C21H35N5OS. The van der Waals surface area contributed by atoms with Gasteiger partial charge in [-0.05, 0) is 31.9 Å². The smallest absolute Gasteiger partial charge is 0.243 e. The van der Waals surface area contributed by atoms with E-state index in [0.717, 1.165) is 31.3 Å². The summed E-state index contributed by atoms with van der Waals surface area (Å²) < 4.78 is 0. The Morgan fingerprint density at radius 2 is 2.00 bits per heavy atom. The van der Waals surface area contributed by atoms with Crippen LogP contribution in [0.4, 0.5) is 0 Å². The molecule has 28 heavy (non-hydrogen) atoms. The number of likely N-dealkylation sites (tertiary alicyclic amines) is 1. The summed E-state index contributed by atoms with van der Waals surface area (Å²) in [4.78, 5) is 21.8. The van der Waals surface area contributed by atoms with Crippen LogP contribution in [0.2, 0.25) is 0 Å². The molecule has 156 valence electrons. The Labute approximate surface area is 174 Å². The molecule has 0 spiro atoms. The maximum atomic E-state index is 12.0. The fraction of sp³-hybridized carbons (Fsp3) is 0.619. The molecule has 1 aromatic rings. The van der Waals surface area contributed by atoms with Crippen LogP contribution in [0.25, 0.3) is 0 Å². The molecule has 0 radical (unpaired) electrons. The summed E-state index contributed by atoms with van der Waals surface area (Å²) in [5.74, 6) is 2.21. The fourth-order valence-electron chi connectivity index (χ4n) is 3.09. The van der Waals surface area contributed by atoms with Crippen LogP contribution >= 0.6 is 11.8 Å². The number of nitrogens with zero attached hydrogens (tertiary/aromatic N) is 3. The van der Waals surface area contributed by atoms with Gasteiger partial charge in [0, 0.05) is 56.5 Å². The lowest BCUT2D eigenvalue weighted by Crippen LogP contribution is -2.47. The molecule has 2 N–H and O–H groups in total. The number of aliphatic imine (C=N–C) groups is 1. The Balaban J connectivity index is 1.91. The maximum absolute atomic E-state index is 12.0. The third-order valence-electron chi connectivity index (χ3n) is 4.97. The minimum Gasteiger partial charge on any atom is -0.356 e. The number of carbonyl (C=O) groups is 1. The highest BCUT2D eigenvalue weighted by Gasteiger charge is 2.31. The van der Waals surface area contributed by atoms with Crippen molar-refractivity contribution in [2.75, 3.05) is 46.0 Å². The van der Waals surface area contributed by atoms with Crippen molar-refractivity contribution >= 4 is 23.6 Å². The molecule has 1 amide bonds. The van der Waals surface area contributed by atoms with E-state index in [2.05, 4.69) is 65.6 Å². The van der Waals surface area contributed by atoms with E-state index < -0.39 is 0 Å². The first-order valence-electron chi connectivity index (χ1n) is 10.0.